The molecule has 1 atom stereocenters. The number of likely N-dealkylation sites (N-methyl/N-ethyl adjacent to an activating group) is 1. The first-order chi connectivity index (χ1) is 14.6. The highest BCUT2D eigenvalue weighted by atomic mass is 127. The second kappa shape index (κ2) is 12.8. The first-order valence-corrected chi connectivity index (χ1v) is 10.8. The van der Waals surface area contributed by atoms with Crippen molar-refractivity contribution < 1.29 is 9.84 Å². The maximum Gasteiger partial charge on any atom is 0.191 e. The van der Waals surface area contributed by atoms with Crippen molar-refractivity contribution in [1.29, 1.82) is 0 Å². The van der Waals surface area contributed by atoms with E-state index in [1.807, 2.05) is 56.6 Å². The first-order valence-electron chi connectivity index (χ1n) is 10.0. The van der Waals surface area contributed by atoms with Crippen LogP contribution < -0.4 is 15.4 Å². The second-order valence-corrected chi connectivity index (χ2v) is 8.38. The van der Waals surface area contributed by atoms with E-state index in [4.69, 9.17) is 4.74 Å². The molecule has 1 aromatic heterocycles. The van der Waals surface area contributed by atoms with Crippen molar-refractivity contribution in [3.63, 3.8) is 0 Å². The monoisotopic (exact) mass is 554 g/mol. The van der Waals surface area contributed by atoms with E-state index >= 15 is 0 Å². The van der Waals surface area contributed by atoms with Crippen LogP contribution in [0.3, 0.4) is 0 Å². The Morgan fingerprint density at radius 2 is 1.87 bits per heavy atom. The molecule has 0 aliphatic heterocycles. The van der Waals surface area contributed by atoms with Crippen LogP contribution in [0.2, 0.25) is 0 Å². The number of aliphatic hydroxyl groups excluding tert-OH is 1. The summed E-state index contributed by atoms with van der Waals surface area (Å²) in [6.07, 6.45) is -0.595. The molecule has 3 rings (SSSR count). The van der Waals surface area contributed by atoms with Crippen molar-refractivity contribution in [3.05, 3.63) is 65.0 Å². The van der Waals surface area contributed by atoms with Crippen LogP contribution in [0.1, 0.15) is 16.5 Å². The fourth-order valence-corrected chi connectivity index (χ4v) is 4.04. The highest BCUT2D eigenvalue weighted by Gasteiger charge is 2.12. The van der Waals surface area contributed by atoms with Crippen LogP contribution >= 0.6 is 35.3 Å². The third-order valence-electron chi connectivity index (χ3n) is 4.67. The molecule has 168 valence electrons. The number of rotatable bonds is 9. The van der Waals surface area contributed by atoms with Gasteiger partial charge in [-0.25, -0.2) is 0 Å². The molecule has 6 nitrogen and oxygen atoms in total. The number of thiophene rings is 1. The predicted molar refractivity (Wildman–Crippen MR) is 141 cm³/mol. The van der Waals surface area contributed by atoms with Crippen LogP contribution in [0.25, 0.3) is 10.1 Å². The van der Waals surface area contributed by atoms with E-state index in [2.05, 4.69) is 32.7 Å². The number of hydrogen-bond donors (Lipinski definition) is 3. The number of guanidine groups is 1. The molecule has 8 heteroatoms. The minimum atomic E-state index is -0.595. The topological polar surface area (TPSA) is 69.1 Å². The van der Waals surface area contributed by atoms with Crippen LogP contribution in [-0.4, -0.2) is 56.8 Å². The van der Waals surface area contributed by atoms with Gasteiger partial charge >= 0.3 is 0 Å². The minimum Gasteiger partial charge on any atom is -0.492 e. The van der Waals surface area contributed by atoms with Gasteiger partial charge in [-0.15, -0.1) is 35.3 Å². The SMILES string of the molecule is CN=C(NCc1ccccc1OCCN(C)C)NCC(O)c1cc2ccccc2s1.I. The van der Waals surface area contributed by atoms with Crippen molar-refractivity contribution >= 4 is 51.4 Å². The highest BCUT2D eigenvalue weighted by molar-refractivity contribution is 14.0. The van der Waals surface area contributed by atoms with Crippen LogP contribution in [-0.2, 0) is 6.54 Å². The maximum absolute atomic E-state index is 10.6. The summed E-state index contributed by atoms with van der Waals surface area (Å²) < 4.78 is 7.10. The van der Waals surface area contributed by atoms with Crippen molar-refractivity contribution in [2.75, 3.05) is 40.8 Å². The average Bonchev–Trinajstić information content (AvgIpc) is 3.19. The number of para-hydroxylation sites is 1. The second-order valence-electron chi connectivity index (χ2n) is 7.27. The zero-order valence-corrected chi connectivity index (χ0v) is 21.3. The Labute approximate surface area is 205 Å². The molecule has 0 saturated heterocycles. The number of hydrogen-bond acceptors (Lipinski definition) is 5. The van der Waals surface area contributed by atoms with E-state index in [1.165, 1.54) is 4.70 Å². The Morgan fingerprint density at radius 3 is 2.61 bits per heavy atom. The summed E-state index contributed by atoms with van der Waals surface area (Å²) in [6, 6.07) is 18.2. The van der Waals surface area contributed by atoms with E-state index in [0.29, 0.717) is 25.7 Å². The third kappa shape index (κ3) is 7.64. The van der Waals surface area contributed by atoms with E-state index < -0.39 is 6.10 Å². The fourth-order valence-electron chi connectivity index (χ4n) is 2.99. The zero-order valence-electron chi connectivity index (χ0n) is 18.2. The Hall–Kier alpha value is -1.88. The predicted octanol–water partition coefficient (Wildman–Crippen LogP) is 3.86. The third-order valence-corrected chi connectivity index (χ3v) is 5.89. The molecule has 0 fully saturated rings. The summed E-state index contributed by atoms with van der Waals surface area (Å²) in [4.78, 5) is 7.30. The van der Waals surface area contributed by atoms with Crippen molar-refractivity contribution in [2.45, 2.75) is 12.6 Å². The molecule has 0 bridgehead atoms. The molecule has 31 heavy (non-hydrogen) atoms. The molecule has 0 amide bonds. The standard InChI is InChI=1S/C23H30N4O2S.HI/c1-24-23(25-15-18-9-4-6-10-20(18)29-13-12-27(2)3)26-16-19(28)22-14-17-8-5-7-11-21(17)30-22;/h4-11,14,19,28H,12-13,15-16H2,1-3H3,(H2,24,25,26);1H. The van der Waals surface area contributed by atoms with Gasteiger partial charge in [-0.1, -0.05) is 36.4 Å². The van der Waals surface area contributed by atoms with E-state index in [-0.39, 0.29) is 24.0 Å². The number of fused-ring (bicyclic) bond motifs is 1. The summed E-state index contributed by atoms with van der Waals surface area (Å²) in [6.45, 7) is 2.46. The zero-order chi connectivity index (χ0) is 21.3. The van der Waals surface area contributed by atoms with E-state index in [0.717, 1.165) is 28.1 Å². The summed E-state index contributed by atoms with van der Waals surface area (Å²) >= 11 is 1.62. The number of aliphatic imine (C=N–C) groups is 1. The number of aliphatic hydroxyl groups is 1. The minimum absolute atomic E-state index is 0. The lowest BCUT2D eigenvalue weighted by atomic mass is 10.2. The maximum atomic E-state index is 10.6. The molecule has 0 aliphatic carbocycles. The van der Waals surface area contributed by atoms with Crippen LogP contribution in [0.5, 0.6) is 5.75 Å². The number of halogens is 1. The molecular formula is C23H31IN4O2S. The van der Waals surface area contributed by atoms with Gasteiger partial charge in [0.05, 0.1) is 0 Å². The van der Waals surface area contributed by atoms with Gasteiger partial charge in [-0.3, -0.25) is 4.99 Å². The normalized spacial score (nSPS) is 12.5. The molecule has 2 aromatic carbocycles. The molecule has 0 radical (unpaired) electrons. The number of nitrogens with one attached hydrogen (secondary N) is 2. The lowest BCUT2D eigenvalue weighted by Crippen LogP contribution is -2.39. The smallest absolute Gasteiger partial charge is 0.191 e. The summed E-state index contributed by atoms with van der Waals surface area (Å²) in [7, 11) is 5.78. The van der Waals surface area contributed by atoms with E-state index in [9.17, 15) is 5.11 Å². The highest BCUT2D eigenvalue weighted by Crippen LogP contribution is 2.29. The number of ether oxygens (including phenoxy) is 1. The summed E-state index contributed by atoms with van der Waals surface area (Å²) in [5.74, 6) is 1.51. The van der Waals surface area contributed by atoms with Crippen LogP contribution in [0.4, 0.5) is 0 Å². The van der Waals surface area contributed by atoms with Gasteiger partial charge in [0.1, 0.15) is 18.5 Å². The quantitative estimate of drug-likeness (QED) is 0.213. The van der Waals surface area contributed by atoms with Crippen molar-refractivity contribution in [2.24, 2.45) is 4.99 Å². The van der Waals surface area contributed by atoms with Crippen molar-refractivity contribution in [3.8, 4) is 5.75 Å². The van der Waals surface area contributed by atoms with Gasteiger partial charge in [0.25, 0.3) is 0 Å². The van der Waals surface area contributed by atoms with E-state index in [1.54, 1.807) is 18.4 Å². The van der Waals surface area contributed by atoms with Crippen LogP contribution in [0.15, 0.2) is 59.6 Å². The first kappa shape index (κ1) is 25.4. The number of nitrogens with zero attached hydrogens (tertiary/aromatic N) is 2. The Morgan fingerprint density at radius 1 is 1.13 bits per heavy atom. The van der Waals surface area contributed by atoms with Gasteiger partial charge in [-0.05, 0) is 37.7 Å². The summed E-state index contributed by atoms with van der Waals surface area (Å²) in [5.41, 5.74) is 1.06. The molecule has 0 aliphatic rings. The summed E-state index contributed by atoms with van der Waals surface area (Å²) in [5, 5.41) is 18.2. The molecule has 3 aromatic rings. The lowest BCUT2D eigenvalue weighted by Gasteiger charge is -2.17. The van der Waals surface area contributed by atoms with Gasteiger partial charge in [0.15, 0.2) is 5.96 Å². The van der Waals surface area contributed by atoms with Gasteiger partial charge in [0, 0.05) is 41.8 Å². The molecule has 3 N–H and O–H groups in total. The lowest BCUT2D eigenvalue weighted by molar-refractivity contribution is 0.184. The van der Waals surface area contributed by atoms with Gasteiger partial charge in [-0.2, -0.15) is 0 Å². The van der Waals surface area contributed by atoms with Crippen LogP contribution in [0, 0.1) is 0 Å². The Kier molecular flexibility index (Phi) is 10.5. The fraction of sp³-hybridized carbons (Fsp3) is 0.348. The Balaban J connectivity index is 0.00000341. The molecular weight excluding hydrogens is 523 g/mol. The molecule has 0 spiro atoms. The van der Waals surface area contributed by atoms with Crippen molar-refractivity contribution in [1.82, 2.24) is 15.5 Å². The van der Waals surface area contributed by atoms with Gasteiger partial charge in [0.2, 0.25) is 0 Å². The van der Waals surface area contributed by atoms with Gasteiger partial charge < -0.3 is 25.4 Å². The Bertz CT molecular complexity index is 944. The number of benzene rings is 2. The molecule has 1 unspecified atom stereocenters. The largest absolute Gasteiger partial charge is 0.492 e. The molecule has 1 heterocycles. The molecule has 0 saturated carbocycles. The average molecular weight is 554 g/mol.